The van der Waals surface area contributed by atoms with Crippen molar-refractivity contribution in [2.45, 2.75) is 55.9 Å². The first-order valence-electron chi connectivity index (χ1n) is 11.6. The van der Waals surface area contributed by atoms with Crippen LogP contribution < -0.4 is 10.0 Å². The Balaban J connectivity index is 1.12. The van der Waals surface area contributed by atoms with Crippen LogP contribution in [-0.2, 0) is 30.8 Å². The summed E-state index contributed by atoms with van der Waals surface area (Å²) in [6, 6.07) is 14.8. The van der Waals surface area contributed by atoms with Crippen molar-refractivity contribution < 1.29 is 22.7 Å². The van der Waals surface area contributed by atoms with E-state index in [1.54, 1.807) is 24.3 Å². The monoisotopic (exact) mass is 483 g/mol. The second kappa shape index (κ2) is 10.8. The first kappa shape index (κ1) is 23.9. The van der Waals surface area contributed by atoms with E-state index in [-0.39, 0.29) is 29.9 Å². The predicted octanol–water partition coefficient (Wildman–Crippen LogP) is 3.02. The zero-order valence-electron chi connectivity index (χ0n) is 19.0. The molecule has 8 nitrogen and oxygen atoms in total. The molecule has 0 radical (unpaired) electrons. The van der Waals surface area contributed by atoms with Crippen LogP contribution in [0.5, 0.6) is 0 Å². The van der Waals surface area contributed by atoms with Gasteiger partial charge in [-0.1, -0.05) is 42.8 Å². The van der Waals surface area contributed by atoms with Gasteiger partial charge in [0.1, 0.15) is 5.84 Å². The highest BCUT2D eigenvalue weighted by Gasteiger charge is 2.29. The fourth-order valence-electron chi connectivity index (χ4n) is 4.36. The summed E-state index contributed by atoms with van der Waals surface area (Å²) < 4.78 is 31.8. The molecule has 2 aromatic rings. The third-order valence-corrected chi connectivity index (χ3v) is 7.44. The Labute approximate surface area is 199 Å². The van der Waals surface area contributed by atoms with Gasteiger partial charge in [0.15, 0.2) is 6.61 Å². The highest BCUT2D eigenvalue weighted by molar-refractivity contribution is 7.90. The Morgan fingerprint density at radius 1 is 1.06 bits per heavy atom. The minimum atomic E-state index is -3.53. The van der Waals surface area contributed by atoms with Crippen molar-refractivity contribution in [1.82, 2.24) is 10.0 Å². The minimum absolute atomic E-state index is 0.0333. The normalized spacial score (nSPS) is 19.1. The average Bonchev–Trinajstić information content (AvgIpc) is 3.10. The molecule has 0 saturated heterocycles. The number of aliphatic imine (C=N–C) groups is 1. The fraction of sp³-hybridized carbons (Fsp3) is 0.400. The molecule has 2 aliphatic rings. The number of benzene rings is 2. The predicted molar refractivity (Wildman–Crippen MR) is 128 cm³/mol. The van der Waals surface area contributed by atoms with E-state index >= 15 is 0 Å². The maximum absolute atomic E-state index is 12.2. The number of esters is 1. The van der Waals surface area contributed by atoms with Gasteiger partial charge in [-0.3, -0.25) is 19.3 Å². The minimum Gasteiger partial charge on any atom is -0.456 e. The van der Waals surface area contributed by atoms with Gasteiger partial charge in [-0.25, -0.2) is 8.42 Å². The third kappa shape index (κ3) is 5.83. The lowest BCUT2D eigenvalue weighted by Crippen LogP contribution is -2.34. The first-order valence-corrected chi connectivity index (χ1v) is 13.1. The van der Waals surface area contributed by atoms with Crippen LogP contribution in [0.3, 0.4) is 0 Å². The van der Waals surface area contributed by atoms with Crippen molar-refractivity contribution in [3.05, 3.63) is 65.2 Å². The molecule has 0 fully saturated rings. The smallest absolute Gasteiger partial charge is 0.306 e. The standard InChI is InChI=1S/C25H29N3O5S/c29-23(27-21-13-8-10-18-9-3-4-11-19(18)21)17-33-24(30)15-2-1-7-16-26-25-20-12-5-6-14-22(20)34(31,32)28-25/h3-6,9,11-12,14,21H,1-2,7-8,10,13,15-17H2,(H,26,28)(H,27,29). The molecule has 2 N–H and O–H groups in total. The number of aryl methyl sites for hydroxylation is 1. The van der Waals surface area contributed by atoms with Gasteiger partial charge in [-0.2, -0.15) is 0 Å². The summed E-state index contributed by atoms with van der Waals surface area (Å²) >= 11 is 0. The Morgan fingerprint density at radius 3 is 2.74 bits per heavy atom. The molecule has 0 aromatic heterocycles. The van der Waals surface area contributed by atoms with Gasteiger partial charge >= 0.3 is 5.97 Å². The van der Waals surface area contributed by atoms with Crippen LogP contribution in [0.4, 0.5) is 0 Å². The van der Waals surface area contributed by atoms with Gasteiger partial charge in [0.05, 0.1) is 10.9 Å². The highest BCUT2D eigenvalue weighted by atomic mass is 32.2. The summed E-state index contributed by atoms with van der Waals surface area (Å²) in [7, 11) is -3.53. The van der Waals surface area contributed by atoms with Crippen molar-refractivity contribution >= 4 is 27.7 Å². The van der Waals surface area contributed by atoms with Gasteiger partial charge in [0.25, 0.3) is 15.9 Å². The van der Waals surface area contributed by atoms with Gasteiger partial charge in [0.2, 0.25) is 0 Å². The number of unbranched alkanes of at least 4 members (excludes halogenated alkanes) is 2. The van der Waals surface area contributed by atoms with Gasteiger partial charge in [0, 0.05) is 18.5 Å². The van der Waals surface area contributed by atoms with Gasteiger partial charge in [-0.15, -0.1) is 0 Å². The first-order chi connectivity index (χ1) is 16.4. The molecule has 1 unspecified atom stereocenters. The molecule has 4 rings (SSSR count). The Bertz CT molecular complexity index is 1190. The molecule has 1 atom stereocenters. The van der Waals surface area contributed by atoms with Crippen molar-refractivity contribution in [3.63, 3.8) is 0 Å². The van der Waals surface area contributed by atoms with E-state index in [0.29, 0.717) is 30.8 Å². The van der Waals surface area contributed by atoms with Gasteiger partial charge in [-0.05, 0) is 55.4 Å². The zero-order valence-corrected chi connectivity index (χ0v) is 19.8. The lowest BCUT2D eigenvalue weighted by molar-refractivity contribution is -0.148. The zero-order chi connectivity index (χ0) is 24.0. The Hall–Kier alpha value is -3.20. The second-order valence-corrected chi connectivity index (χ2v) is 10.2. The Morgan fingerprint density at radius 2 is 1.85 bits per heavy atom. The van der Waals surface area contributed by atoms with Crippen molar-refractivity contribution in [1.29, 1.82) is 0 Å². The van der Waals surface area contributed by atoms with E-state index < -0.39 is 16.0 Å². The van der Waals surface area contributed by atoms with Crippen molar-refractivity contribution in [2.75, 3.05) is 13.2 Å². The van der Waals surface area contributed by atoms with Crippen molar-refractivity contribution in [3.8, 4) is 0 Å². The molecule has 0 spiro atoms. The van der Waals surface area contributed by atoms with Crippen LogP contribution in [0.1, 0.15) is 61.3 Å². The van der Waals surface area contributed by atoms with E-state index in [1.165, 1.54) is 5.56 Å². The molecule has 1 aliphatic carbocycles. The van der Waals surface area contributed by atoms with Crippen LogP contribution in [0.25, 0.3) is 0 Å². The summed E-state index contributed by atoms with van der Waals surface area (Å²) in [4.78, 5) is 28.8. The van der Waals surface area contributed by atoms with E-state index in [4.69, 9.17) is 4.74 Å². The van der Waals surface area contributed by atoms with Crippen LogP contribution >= 0.6 is 0 Å². The summed E-state index contributed by atoms with van der Waals surface area (Å²) in [6.45, 7) is 0.178. The lowest BCUT2D eigenvalue weighted by atomic mass is 9.88. The van der Waals surface area contributed by atoms with Gasteiger partial charge < -0.3 is 10.1 Å². The molecular formula is C25H29N3O5S. The summed E-state index contributed by atoms with van der Waals surface area (Å²) in [5.41, 5.74) is 2.99. The topological polar surface area (TPSA) is 114 Å². The van der Waals surface area contributed by atoms with E-state index in [9.17, 15) is 18.0 Å². The van der Waals surface area contributed by atoms with Crippen molar-refractivity contribution in [2.24, 2.45) is 4.99 Å². The molecule has 2 aromatic carbocycles. The number of fused-ring (bicyclic) bond motifs is 2. The molecule has 9 heteroatoms. The van der Waals surface area contributed by atoms with E-state index in [0.717, 1.165) is 31.2 Å². The summed E-state index contributed by atoms with van der Waals surface area (Å²) in [5, 5.41) is 2.97. The second-order valence-electron chi connectivity index (χ2n) is 8.51. The molecule has 0 saturated carbocycles. The quantitative estimate of drug-likeness (QED) is 0.420. The summed E-state index contributed by atoms with van der Waals surface area (Å²) in [5.74, 6) is -0.324. The molecule has 1 amide bonds. The largest absolute Gasteiger partial charge is 0.456 e. The lowest BCUT2D eigenvalue weighted by Gasteiger charge is -2.26. The maximum Gasteiger partial charge on any atom is 0.306 e. The highest BCUT2D eigenvalue weighted by Crippen LogP contribution is 2.29. The van der Waals surface area contributed by atoms with Crippen LogP contribution in [-0.4, -0.2) is 39.3 Å². The van der Waals surface area contributed by atoms with Crippen LogP contribution in [0, 0.1) is 0 Å². The number of carbonyl (C=O) groups is 2. The molecule has 34 heavy (non-hydrogen) atoms. The molecular weight excluding hydrogens is 454 g/mol. The average molecular weight is 484 g/mol. The van der Waals surface area contributed by atoms with E-state index in [1.807, 2.05) is 18.2 Å². The SMILES string of the molecule is O=C(COC(=O)CCCCCN=C1NS(=O)(=O)c2ccccc21)NC1CCCc2ccccc21. The molecule has 0 bridgehead atoms. The molecule has 1 heterocycles. The number of hydrogen-bond donors (Lipinski definition) is 2. The number of ether oxygens (including phenoxy) is 1. The number of amidine groups is 1. The van der Waals surface area contributed by atoms with Crippen LogP contribution in [0.15, 0.2) is 58.4 Å². The third-order valence-electron chi connectivity index (χ3n) is 6.04. The number of amides is 1. The number of hydrogen-bond acceptors (Lipinski definition) is 6. The molecule has 1 aliphatic heterocycles. The van der Waals surface area contributed by atoms with Crippen LogP contribution in [0.2, 0.25) is 0 Å². The van der Waals surface area contributed by atoms with E-state index in [2.05, 4.69) is 21.1 Å². The number of carbonyl (C=O) groups excluding carboxylic acids is 2. The number of nitrogens with one attached hydrogen (secondary N) is 2. The Kier molecular flexibility index (Phi) is 7.62. The number of nitrogens with zero attached hydrogens (tertiary/aromatic N) is 1. The molecule has 180 valence electrons. The maximum atomic E-state index is 12.2. The number of rotatable bonds is 9. The summed E-state index contributed by atoms with van der Waals surface area (Å²) in [6.07, 6.45) is 5.22. The number of sulfonamides is 1. The fourth-order valence-corrected chi connectivity index (χ4v) is 5.61.